The third-order valence-corrected chi connectivity index (χ3v) is 4.88. The monoisotopic (exact) mass is 349 g/mol. The smallest absolute Gasteiger partial charge is 0.233 e. The van der Waals surface area contributed by atoms with Crippen molar-refractivity contribution in [2.45, 2.75) is 31.8 Å². The minimum absolute atomic E-state index is 0.0794. The molecular formula is C18H24ClN3O2. The topological polar surface area (TPSA) is 57.5 Å². The van der Waals surface area contributed by atoms with Gasteiger partial charge >= 0.3 is 0 Å². The van der Waals surface area contributed by atoms with Gasteiger partial charge in [-0.3, -0.25) is 9.69 Å². The SMILES string of the molecule is CNC(=O)CN1CCC(N[C@H](C)c2cc3cc(Cl)ccc3o2)CC1. The van der Waals surface area contributed by atoms with Crippen LogP contribution in [0.1, 0.15) is 31.6 Å². The highest BCUT2D eigenvalue weighted by Crippen LogP contribution is 2.27. The number of halogens is 1. The van der Waals surface area contributed by atoms with Gasteiger partial charge in [-0.05, 0) is 44.0 Å². The zero-order valence-electron chi connectivity index (χ0n) is 14.1. The highest BCUT2D eigenvalue weighted by molar-refractivity contribution is 6.31. The number of hydrogen-bond donors (Lipinski definition) is 2. The summed E-state index contributed by atoms with van der Waals surface area (Å²) in [4.78, 5) is 13.6. The number of hydrogen-bond acceptors (Lipinski definition) is 4. The van der Waals surface area contributed by atoms with Gasteiger partial charge in [-0.25, -0.2) is 0 Å². The zero-order chi connectivity index (χ0) is 17.1. The Hall–Kier alpha value is -1.56. The predicted molar refractivity (Wildman–Crippen MR) is 96.3 cm³/mol. The van der Waals surface area contributed by atoms with E-state index in [0.29, 0.717) is 12.6 Å². The van der Waals surface area contributed by atoms with E-state index in [0.717, 1.165) is 47.7 Å². The number of carbonyl (C=O) groups is 1. The van der Waals surface area contributed by atoms with E-state index < -0.39 is 0 Å². The number of furan rings is 1. The van der Waals surface area contributed by atoms with Crippen LogP contribution >= 0.6 is 11.6 Å². The first-order chi connectivity index (χ1) is 11.5. The van der Waals surface area contributed by atoms with Gasteiger partial charge in [0.1, 0.15) is 11.3 Å². The molecule has 0 radical (unpaired) electrons. The molecule has 24 heavy (non-hydrogen) atoms. The third kappa shape index (κ3) is 4.09. The van der Waals surface area contributed by atoms with Crippen LogP contribution < -0.4 is 10.6 Å². The largest absolute Gasteiger partial charge is 0.459 e. The first-order valence-corrected chi connectivity index (χ1v) is 8.81. The molecule has 5 nitrogen and oxygen atoms in total. The fraction of sp³-hybridized carbons (Fsp3) is 0.500. The molecular weight excluding hydrogens is 326 g/mol. The number of piperidine rings is 1. The van der Waals surface area contributed by atoms with Crippen molar-refractivity contribution >= 4 is 28.5 Å². The van der Waals surface area contributed by atoms with Crippen molar-refractivity contribution in [2.24, 2.45) is 0 Å². The van der Waals surface area contributed by atoms with Crippen LogP contribution in [0.15, 0.2) is 28.7 Å². The van der Waals surface area contributed by atoms with E-state index in [1.165, 1.54) is 0 Å². The normalized spacial score (nSPS) is 18.0. The minimum Gasteiger partial charge on any atom is -0.459 e. The standard InChI is InChI=1S/C18H24ClN3O2/c1-12(17-10-13-9-14(19)3-4-16(13)24-17)21-15-5-7-22(8-6-15)11-18(23)20-2/h3-4,9-10,12,15,21H,5-8,11H2,1-2H3,(H,20,23)/t12-/m1/s1. The molecule has 1 aliphatic rings. The number of amides is 1. The van der Waals surface area contributed by atoms with Crippen molar-refractivity contribution in [3.05, 3.63) is 35.0 Å². The Morgan fingerprint density at radius 1 is 1.38 bits per heavy atom. The Kier molecular flexibility index (Phi) is 5.43. The summed E-state index contributed by atoms with van der Waals surface area (Å²) in [6.45, 7) is 4.49. The van der Waals surface area contributed by atoms with E-state index in [9.17, 15) is 4.79 Å². The van der Waals surface area contributed by atoms with Crippen LogP contribution in [0.3, 0.4) is 0 Å². The number of rotatable bonds is 5. The number of nitrogens with one attached hydrogen (secondary N) is 2. The molecule has 1 aliphatic heterocycles. The fourth-order valence-electron chi connectivity index (χ4n) is 3.22. The maximum Gasteiger partial charge on any atom is 0.233 e. The molecule has 0 unspecified atom stereocenters. The molecule has 1 atom stereocenters. The molecule has 1 saturated heterocycles. The van der Waals surface area contributed by atoms with Crippen molar-refractivity contribution in [1.29, 1.82) is 0 Å². The second kappa shape index (κ2) is 7.55. The summed E-state index contributed by atoms with van der Waals surface area (Å²) >= 11 is 6.03. The Morgan fingerprint density at radius 2 is 2.12 bits per heavy atom. The Balaban J connectivity index is 1.55. The highest BCUT2D eigenvalue weighted by Gasteiger charge is 2.23. The zero-order valence-corrected chi connectivity index (χ0v) is 14.9. The third-order valence-electron chi connectivity index (χ3n) is 4.64. The first-order valence-electron chi connectivity index (χ1n) is 8.43. The molecule has 0 saturated carbocycles. The number of likely N-dealkylation sites (N-methyl/N-ethyl adjacent to an activating group) is 1. The van der Waals surface area contributed by atoms with Crippen molar-refractivity contribution in [3.63, 3.8) is 0 Å². The van der Waals surface area contributed by atoms with Crippen LogP contribution in [-0.4, -0.2) is 43.5 Å². The molecule has 1 amide bonds. The van der Waals surface area contributed by atoms with E-state index in [1.807, 2.05) is 18.2 Å². The first kappa shape index (κ1) is 17.3. The van der Waals surface area contributed by atoms with Crippen LogP contribution in [0.5, 0.6) is 0 Å². The molecule has 2 aromatic rings. The second-order valence-electron chi connectivity index (χ2n) is 6.44. The molecule has 0 bridgehead atoms. The van der Waals surface area contributed by atoms with Crippen molar-refractivity contribution in [2.75, 3.05) is 26.7 Å². The highest BCUT2D eigenvalue weighted by atomic mass is 35.5. The Bertz CT molecular complexity index is 707. The van der Waals surface area contributed by atoms with Gasteiger partial charge in [0.05, 0.1) is 12.6 Å². The summed E-state index contributed by atoms with van der Waals surface area (Å²) in [6, 6.07) is 8.32. The van der Waals surface area contributed by atoms with E-state index in [-0.39, 0.29) is 11.9 Å². The number of benzene rings is 1. The summed E-state index contributed by atoms with van der Waals surface area (Å²) in [6.07, 6.45) is 2.07. The molecule has 1 fully saturated rings. The molecule has 1 aromatic heterocycles. The van der Waals surface area contributed by atoms with Crippen molar-refractivity contribution in [3.8, 4) is 0 Å². The summed E-state index contributed by atoms with van der Waals surface area (Å²) < 4.78 is 5.93. The van der Waals surface area contributed by atoms with Gasteiger partial charge in [0.15, 0.2) is 0 Å². The van der Waals surface area contributed by atoms with Gasteiger partial charge in [-0.2, -0.15) is 0 Å². The average molecular weight is 350 g/mol. The van der Waals surface area contributed by atoms with Gasteiger partial charge in [0.25, 0.3) is 0 Å². The Morgan fingerprint density at radius 3 is 2.83 bits per heavy atom. The van der Waals surface area contributed by atoms with Gasteiger partial charge in [-0.1, -0.05) is 11.6 Å². The van der Waals surface area contributed by atoms with E-state index in [1.54, 1.807) is 7.05 Å². The summed E-state index contributed by atoms with van der Waals surface area (Å²) in [5.41, 5.74) is 0.864. The molecule has 1 aromatic carbocycles. The minimum atomic E-state index is 0.0794. The lowest BCUT2D eigenvalue weighted by Crippen LogP contribution is -2.46. The van der Waals surface area contributed by atoms with Gasteiger partial charge in [0.2, 0.25) is 5.91 Å². The summed E-state index contributed by atoms with van der Waals surface area (Å²) in [5, 5.41) is 8.08. The quantitative estimate of drug-likeness (QED) is 0.871. The van der Waals surface area contributed by atoms with Crippen LogP contribution in [0.25, 0.3) is 11.0 Å². The van der Waals surface area contributed by atoms with Gasteiger partial charge in [0, 0.05) is 36.6 Å². The lowest BCUT2D eigenvalue weighted by molar-refractivity contribution is -0.122. The van der Waals surface area contributed by atoms with Crippen LogP contribution in [-0.2, 0) is 4.79 Å². The lowest BCUT2D eigenvalue weighted by Gasteiger charge is -2.33. The molecule has 130 valence electrons. The van der Waals surface area contributed by atoms with Crippen LogP contribution in [0.2, 0.25) is 5.02 Å². The molecule has 2 N–H and O–H groups in total. The second-order valence-corrected chi connectivity index (χ2v) is 6.88. The van der Waals surface area contributed by atoms with Gasteiger partial charge in [-0.15, -0.1) is 0 Å². The van der Waals surface area contributed by atoms with E-state index in [2.05, 4.69) is 28.5 Å². The molecule has 3 rings (SSSR count). The van der Waals surface area contributed by atoms with Crippen LogP contribution in [0.4, 0.5) is 0 Å². The van der Waals surface area contributed by atoms with Gasteiger partial charge < -0.3 is 15.1 Å². The summed E-state index contributed by atoms with van der Waals surface area (Å²) in [5.74, 6) is 1.01. The number of nitrogens with zero attached hydrogens (tertiary/aromatic N) is 1. The maximum absolute atomic E-state index is 11.4. The number of likely N-dealkylation sites (tertiary alicyclic amines) is 1. The number of carbonyl (C=O) groups excluding carboxylic acids is 1. The fourth-order valence-corrected chi connectivity index (χ4v) is 3.40. The van der Waals surface area contributed by atoms with E-state index in [4.69, 9.17) is 16.0 Å². The van der Waals surface area contributed by atoms with Crippen molar-refractivity contribution < 1.29 is 9.21 Å². The molecule has 2 heterocycles. The lowest BCUT2D eigenvalue weighted by atomic mass is 10.0. The molecule has 6 heteroatoms. The van der Waals surface area contributed by atoms with Crippen LogP contribution in [0, 0.1) is 0 Å². The average Bonchev–Trinajstić information content (AvgIpc) is 2.99. The molecule has 0 aliphatic carbocycles. The predicted octanol–water partition coefficient (Wildman–Crippen LogP) is 2.95. The van der Waals surface area contributed by atoms with E-state index >= 15 is 0 Å². The number of fused-ring (bicyclic) bond motifs is 1. The molecule has 0 spiro atoms. The summed E-state index contributed by atoms with van der Waals surface area (Å²) in [7, 11) is 1.68. The van der Waals surface area contributed by atoms with Crippen molar-refractivity contribution in [1.82, 2.24) is 15.5 Å². The maximum atomic E-state index is 11.4. The Labute approximate surface area is 147 Å².